The minimum absolute atomic E-state index is 0.0159. The number of aliphatic hydroxyl groups is 1. The van der Waals surface area contributed by atoms with Crippen molar-refractivity contribution in [3.63, 3.8) is 0 Å². The Balaban J connectivity index is 1.79. The number of Topliss-reactive ketones (excluding diaryl/α,β-unsaturated/α-hetero) is 1. The molecule has 0 spiro atoms. The largest absolute Gasteiger partial charge is 0.459 e. The fourth-order valence-electron chi connectivity index (χ4n) is 4.34. The molecule has 0 aromatic heterocycles. The number of hydrogen-bond donors (Lipinski definition) is 1. The molecule has 0 aliphatic carbocycles. The van der Waals surface area contributed by atoms with E-state index in [0.29, 0.717) is 0 Å². The predicted octanol–water partition coefficient (Wildman–Crippen LogP) is 4.80. The smallest absolute Gasteiger partial charge is 0.338 e. The van der Waals surface area contributed by atoms with Gasteiger partial charge in [0.2, 0.25) is 11.4 Å². The molecule has 0 bridgehead atoms. The number of benzene rings is 4. The fourth-order valence-corrected chi connectivity index (χ4v) is 4.75. The van der Waals surface area contributed by atoms with E-state index >= 15 is 0 Å². The highest BCUT2D eigenvalue weighted by Crippen LogP contribution is 2.31. The van der Waals surface area contributed by atoms with Gasteiger partial charge in [-0.25, -0.2) is 14.4 Å². The molecule has 45 heavy (non-hydrogen) atoms. The van der Waals surface area contributed by atoms with Crippen LogP contribution in [0.5, 0.6) is 0 Å². The number of aldehydes is 1. The summed E-state index contributed by atoms with van der Waals surface area (Å²) < 4.78 is 22.0. The van der Waals surface area contributed by atoms with Crippen molar-refractivity contribution in [3.05, 3.63) is 144 Å². The third-order valence-corrected chi connectivity index (χ3v) is 7.22. The molecule has 4 atom stereocenters. The lowest BCUT2D eigenvalue weighted by molar-refractivity contribution is -0.147. The summed E-state index contributed by atoms with van der Waals surface area (Å²) in [6.45, 7) is -0.795. The van der Waals surface area contributed by atoms with E-state index in [2.05, 4.69) is 16.3 Å². The summed E-state index contributed by atoms with van der Waals surface area (Å²) in [5.74, 6) is -3.85. The Hall–Kier alpha value is -4.97. The highest BCUT2D eigenvalue weighted by Gasteiger charge is 2.57. The highest BCUT2D eigenvalue weighted by molar-refractivity contribution is 9.06. The SMILES string of the molecule is O=C[C@](OBr)(C(=O)c1ccccc1)[C@@H](OC(=O)c1ccccc1)[C@H](OC(=O)c1ccccc1)[C@H](O)COC(=O)c1ccccc1. The number of ether oxygens (including phenoxy) is 3. The van der Waals surface area contributed by atoms with Crippen LogP contribution in [0.2, 0.25) is 0 Å². The Morgan fingerprint density at radius 3 is 1.47 bits per heavy atom. The van der Waals surface area contributed by atoms with Crippen LogP contribution in [0, 0.1) is 0 Å². The van der Waals surface area contributed by atoms with Crippen molar-refractivity contribution in [3.8, 4) is 0 Å². The van der Waals surface area contributed by atoms with Crippen molar-refractivity contribution in [2.24, 2.45) is 0 Å². The molecule has 0 saturated heterocycles. The van der Waals surface area contributed by atoms with Crippen LogP contribution in [0.4, 0.5) is 0 Å². The molecule has 0 unspecified atom stereocenters. The third kappa shape index (κ3) is 7.95. The highest BCUT2D eigenvalue weighted by atomic mass is 79.9. The van der Waals surface area contributed by atoms with Crippen LogP contribution in [0.25, 0.3) is 0 Å². The Morgan fingerprint density at radius 1 is 0.644 bits per heavy atom. The van der Waals surface area contributed by atoms with Crippen molar-refractivity contribution >= 4 is 46.2 Å². The third-order valence-electron chi connectivity index (χ3n) is 6.68. The number of aliphatic hydroxyl groups excluding tert-OH is 1. The first-order valence-corrected chi connectivity index (χ1v) is 14.2. The normalized spacial score (nSPS) is 14.1. The van der Waals surface area contributed by atoms with Gasteiger partial charge in [-0.05, 0) is 36.4 Å². The molecule has 4 rings (SSSR count). The van der Waals surface area contributed by atoms with Gasteiger partial charge in [0.15, 0.2) is 18.5 Å². The van der Waals surface area contributed by atoms with Crippen LogP contribution < -0.4 is 0 Å². The van der Waals surface area contributed by atoms with Gasteiger partial charge in [-0.15, -0.1) is 0 Å². The average Bonchev–Trinajstić information content (AvgIpc) is 3.10. The molecular weight excluding hydrogens is 648 g/mol. The number of carbonyl (C=O) groups excluding carboxylic acids is 5. The van der Waals surface area contributed by atoms with Gasteiger partial charge >= 0.3 is 17.9 Å². The lowest BCUT2D eigenvalue weighted by Gasteiger charge is -2.38. The molecule has 0 aliphatic heterocycles. The second-order valence-corrected chi connectivity index (χ2v) is 9.97. The molecule has 0 amide bonds. The number of hydrogen-bond acceptors (Lipinski definition) is 10. The van der Waals surface area contributed by atoms with Crippen molar-refractivity contribution in [2.45, 2.75) is 23.9 Å². The zero-order chi connectivity index (χ0) is 32.2. The summed E-state index contributed by atoms with van der Waals surface area (Å²) in [5.41, 5.74) is -2.52. The van der Waals surface area contributed by atoms with Gasteiger partial charge in [-0.3, -0.25) is 13.4 Å². The number of carbonyl (C=O) groups is 5. The van der Waals surface area contributed by atoms with Gasteiger partial charge < -0.3 is 19.3 Å². The van der Waals surface area contributed by atoms with Crippen molar-refractivity contribution in [1.29, 1.82) is 0 Å². The van der Waals surface area contributed by atoms with Gasteiger partial charge in [-0.1, -0.05) is 84.9 Å². The number of ketones is 1. The standard InChI is InChI=1S/C34H27BrO10/c35-45-34(22-36,29(38)23-13-5-1-6-14-23)30(44-33(41)26-19-11-4-12-20-26)28(43-32(40)25-17-9-3-10-18-25)27(37)21-42-31(39)24-15-7-2-8-16-24/h1-20,22,27-28,30,37H,21H2/t27-,28-,30+,34+/m1/s1. The molecule has 0 saturated carbocycles. The number of halogens is 1. The second-order valence-electron chi connectivity index (χ2n) is 9.64. The van der Waals surface area contributed by atoms with Gasteiger partial charge in [0.05, 0.1) is 16.7 Å². The minimum atomic E-state index is -2.71. The van der Waals surface area contributed by atoms with E-state index < -0.39 is 54.2 Å². The molecule has 230 valence electrons. The zero-order valence-electron chi connectivity index (χ0n) is 23.6. The molecule has 11 heteroatoms. The van der Waals surface area contributed by atoms with Gasteiger partial charge in [0.25, 0.3) is 0 Å². The topological polar surface area (TPSA) is 143 Å². The summed E-state index contributed by atoms with van der Waals surface area (Å²) in [7, 11) is 0. The summed E-state index contributed by atoms with van der Waals surface area (Å²) in [6, 6.07) is 30.6. The predicted molar refractivity (Wildman–Crippen MR) is 164 cm³/mol. The van der Waals surface area contributed by atoms with E-state index in [-0.39, 0.29) is 28.5 Å². The second kappa shape index (κ2) is 15.7. The molecule has 0 aliphatic rings. The van der Waals surface area contributed by atoms with Crippen LogP contribution in [0.1, 0.15) is 41.4 Å². The number of esters is 3. The molecule has 4 aromatic carbocycles. The van der Waals surface area contributed by atoms with Crippen molar-refractivity contribution in [2.75, 3.05) is 6.61 Å². The Bertz CT molecular complexity index is 1600. The zero-order valence-corrected chi connectivity index (χ0v) is 25.1. The fraction of sp³-hybridized carbons (Fsp3) is 0.147. The van der Waals surface area contributed by atoms with Crippen molar-refractivity contribution in [1.82, 2.24) is 0 Å². The summed E-state index contributed by atoms with van der Waals surface area (Å²) >= 11 is 2.75. The van der Waals surface area contributed by atoms with Crippen LogP contribution in [0.15, 0.2) is 121 Å². The van der Waals surface area contributed by atoms with Crippen LogP contribution in [0.3, 0.4) is 0 Å². The maximum absolute atomic E-state index is 13.9. The first-order chi connectivity index (χ1) is 21.8. The van der Waals surface area contributed by atoms with E-state index in [0.717, 1.165) is 0 Å². The molecule has 0 fully saturated rings. The lowest BCUT2D eigenvalue weighted by Crippen LogP contribution is -2.62. The van der Waals surface area contributed by atoms with Gasteiger partial charge in [0, 0.05) is 5.56 Å². The van der Waals surface area contributed by atoms with Gasteiger partial charge in [0.1, 0.15) is 29.0 Å². The van der Waals surface area contributed by atoms with E-state index in [4.69, 9.17) is 18.0 Å². The molecule has 1 N–H and O–H groups in total. The first-order valence-electron chi connectivity index (χ1n) is 13.6. The molecule has 0 radical (unpaired) electrons. The van der Waals surface area contributed by atoms with E-state index in [9.17, 15) is 29.1 Å². The monoisotopic (exact) mass is 674 g/mol. The molecular formula is C34H27BrO10. The van der Waals surface area contributed by atoms with Gasteiger partial charge in [-0.2, -0.15) is 0 Å². The molecule has 4 aromatic rings. The average molecular weight is 675 g/mol. The summed E-state index contributed by atoms with van der Waals surface area (Å²) in [4.78, 5) is 66.2. The lowest BCUT2D eigenvalue weighted by atomic mass is 9.84. The minimum Gasteiger partial charge on any atom is -0.459 e. The molecule has 10 nitrogen and oxygen atoms in total. The Labute approximate surface area is 267 Å². The van der Waals surface area contributed by atoms with Crippen molar-refractivity contribution < 1.29 is 47.1 Å². The van der Waals surface area contributed by atoms with E-state index in [1.165, 1.54) is 60.7 Å². The summed E-state index contributed by atoms with van der Waals surface area (Å²) in [6.07, 6.45) is -5.98. The number of rotatable bonds is 14. The Kier molecular flexibility index (Phi) is 11.5. The van der Waals surface area contributed by atoms with E-state index in [1.54, 1.807) is 60.7 Å². The van der Waals surface area contributed by atoms with Crippen LogP contribution >= 0.6 is 16.3 Å². The maximum Gasteiger partial charge on any atom is 0.338 e. The van der Waals surface area contributed by atoms with E-state index in [1.807, 2.05) is 0 Å². The first kappa shape index (κ1) is 32.9. The summed E-state index contributed by atoms with van der Waals surface area (Å²) in [5, 5.41) is 11.4. The molecule has 0 heterocycles. The Morgan fingerprint density at radius 2 is 1.04 bits per heavy atom. The van der Waals surface area contributed by atoms with Crippen LogP contribution in [-0.4, -0.2) is 65.6 Å². The van der Waals surface area contributed by atoms with Crippen LogP contribution in [-0.2, 0) is 22.8 Å². The maximum atomic E-state index is 13.9. The quantitative estimate of drug-likeness (QED) is 0.0651.